The van der Waals surface area contributed by atoms with Gasteiger partial charge in [0, 0.05) is 31.8 Å². The van der Waals surface area contributed by atoms with Gasteiger partial charge in [-0.15, -0.1) is 0 Å². The number of nitrogens with zero attached hydrogens (tertiary/aromatic N) is 3. The van der Waals surface area contributed by atoms with Gasteiger partial charge in [-0.25, -0.2) is 15.1 Å². The Labute approximate surface area is 219 Å². The number of nitrogens with one attached hydrogen (secondary N) is 2. The van der Waals surface area contributed by atoms with E-state index >= 15 is 0 Å². The number of hydrazine groups is 1. The van der Waals surface area contributed by atoms with Crippen LogP contribution in [0.4, 0.5) is 0 Å². The van der Waals surface area contributed by atoms with Crippen LogP contribution in [0.15, 0.2) is 29.3 Å². The second-order valence-electron chi connectivity index (χ2n) is 9.43. The van der Waals surface area contributed by atoms with Gasteiger partial charge in [0.1, 0.15) is 5.78 Å². The highest BCUT2D eigenvalue weighted by atomic mass is 16.7. The van der Waals surface area contributed by atoms with Gasteiger partial charge in [-0.05, 0) is 37.3 Å². The third-order valence-corrected chi connectivity index (χ3v) is 5.95. The molecule has 38 heavy (non-hydrogen) atoms. The molecular formula is C23H33BN6O8. The number of fused-ring (bicyclic) bond motifs is 1. The number of benzene rings is 1. The van der Waals surface area contributed by atoms with Crippen LogP contribution in [0.25, 0.3) is 0 Å². The van der Waals surface area contributed by atoms with Crippen molar-refractivity contribution in [2.75, 3.05) is 13.1 Å². The number of carbonyl (C=O) groups is 4. The van der Waals surface area contributed by atoms with Gasteiger partial charge in [0.15, 0.2) is 5.03 Å². The zero-order valence-corrected chi connectivity index (χ0v) is 21.3. The smallest absolute Gasteiger partial charge is 0.426 e. The van der Waals surface area contributed by atoms with Crippen molar-refractivity contribution >= 4 is 36.6 Å². The minimum atomic E-state index is -1.80. The first kappa shape index (κ1) is 30.4. The van der Waals surface area contributed by atoms with Crippen LogP contribution in [0.3, 0.4) is 0 Å². The van der Waals surface area contributed by atoms with Crippen LogP contribution in [0.2, 0.25) is 0 Å². The Balaban J connectivity index is 2.03. The van der Waals surface area contributed by atoms with Crippen LogP contribution in [0.5, 0.6) is 0 Å². The number of imide groups is 1. The topological polar surface area (TPSA) is 218 Å². The summed E-state index contributed by atoms with van der Waals surface area (Å²) in [5.74, 6) is -4.10. The Kier molecular flexibility index (Phi) is 11.3. The van der Waals surface area contributed by atoms with Crippen molar-refractivity contribution in [1.29, 1.82) is 0 Å². The number of hydrogen-bond acceptors (Lipinski definition) is 9. The first-order chi connectivity index (χ1) is 17.9. The molecule has 1 aliphatic rings. The minimum absolute atomic E-state index is 0.0394. The van der Waals surface area contributed by atoms with Gasteiger partial charge in [0.25, 0.3) is 17.8 Å². The lowest BCUT2D eigenvalue weighted by Gasteiger charge is -2.23. The molecule has 1 aromatic rings. The molecule has 1 heterocycles. The zero-order valence-electron chi connectivity index (χ0n) is 21.3. The third kappa shape index (κ3) is 8.92. The fourth-order valence-electron chi connectivity index (χ4n) is 4.11. The molecule has 1 aromatic carbocycles. The first-order valence-corrected chi connectivity index (χ1v) is 12.2. The quantitative estimate of drug-likeness (QED) is 0.0377. The number of ketones is 1. The average molecular weight is 532 g/mol. The van der Waals surface area contributed by atoms with Gasteiger partial charge in [-0.2, -0.15) is 0 Å². The first-order valence-electron chi connectivity index (χ1n) is 12.2. The van der Waals surface area contributed by atoms with E-state index in [-0.39, 0.29) is 68.0 Å². The van der Waals surface area contributed by atoms with E-state index in [1.54, 1.807) is 17.6 Å². The van der Waals surface area contributed by atoms with E-state index in [0.717, 1.165) is 4.90 Å². The standard InChI is InChI=1S/C23H33BN6O8/c1-14(2)12-19(24(35)36)27-20(32)15(6-5-10-26-23(25)28-30(37)38)13-16(31)9-11-29-21(33)17-7-3-4-8-18(17)22(29)34/h3-4,7-8,14-15,19,35-36H,5-6,9-13H2,1-2H3,(H,27,32)(H3,25,26,28)/t15-,19+/m1/s1. The molecule has 15 heteroatoms. The molecule has 0 saturated carbocycles. The lowest BCUT2D eigenvalue weighted by Crippen LogP contribution is -2.49. The highest BCUT2D eigenvalue weighted by molar-refractivity contribution is 6.43. The molecule has 0 spiro atoms. The molecule has 206 valence electrons. The van der Waals surface area contributed by atoms with E-state index in [1.807, 2.05) is 13.8 Å². The van der Waals surface area contributed by atoms with Crippen LogP contribution in [-0.4, -0.2) is 75.6 Å². The van der Waals surface area contributed by atoms with Crippen LogP contribution in [0.1, 0.15) is 66.7 Å². The van der Waals surface area contributed by atoms with Crippen LogP contribution >= 0.6 is 0 Å². The van der Waals surface area contributed by atoms with Crippen molar-refractivity contribution in [2.45, 2.75) is 51.9 Å². The van der Waals surface area contributed by atoms with Gasteiger partial charge < -0.3 is 21.1 Å². The monoisotopic (exact) mass is 532 g/mol. The number of guanidine groups is 1. The second kappa shape index (κ2) is 14.2. The molecule has 1 aliphatic heterocycles. The number of amides is 3. The number of Topliss-reactive ketones (excluding diaryl/α,β-unsaturated/α-hetero) is 1. The van der Waals surface area contributed by atoms with Gasteiger partial charge in [0.05, 0.1) is 17.1 Å². The van der Waals surface area contributed by atoms with Crippen molar-refractivity contribution in [2.24, 2.45) is 22.6 Å². The summed E-state index contributed by atoms with van der Waals surface area (Å²) in [5.41, 5.74) is 7.62. The predicted octanol–water partition coefficient (Wildman–Crippen LogP) is -0.333. The molecule has 0 aromatic heterocycles. The van der Waals surface area contributed by atoms with Crippen molar-refractivity contribution in [3.8, 4) is 0 Å². The fourth-order valence-corrected chi connectivity index (χ4v) is 4.11. The second-order valence-corrected chi connectivity index (χ2v) is 9.43. The maximum absolute atomic E-state index is 13.0. The fraction of sp³-hybridized carbons (Fsp3) is 0.522. The lowest BCUT2D eigenvalue weighted by atomic mass is 9.74. The molecule has 0 aliphatic carbocycles. The molecule has 0 unspecified atom stereocenters. The number of nitro groups is 1. The Bertz CT molecular complexity index is 1040. The maximum atomic E-state index is 13.0. The van der Waals surface area contributed by atoms with Crippen molar-refractivity contribution < 1.29 is 34.3 Å². The molecule has 0 radical (unpaired) electrons. The summed E-state index contributed by atoms with van der Waals surface area (Å²) in [7, 11) is -1.80. The SMILES string of the molecule is CC(C)C[C@H](NC(=O)[C@H](CCCN=C(N)N[N+](=O)[O-])CC(=O)CCN1C(=O)c2ccccc2C1=O)B(O)O. The minimum Gasteiger partial charge on any atom is -0.426 e. The van der Waals surface area contributed by atoms with E-state index in [4.69, 9.17) is 5.73 Å². The number of rotatable bonds is 15. The Morgan fingerprint density at radius 2 is 1.79 bits per heavy atom. The number of nitrogens with two attached hydrogens (primary N) is 1. The van der Waals surface area contributed by atoms with Crippen LogP contribution < -0.4 is 16.5 Å². The van der Waals surface area contributed by atoms with E-state index in [1.165, 1.54) is 12.1 Å². The Morgan fingerprint density at radius 3 is 2.32 bits per heavy atom. The molecule has 6 N–H and O–H groups in total. The number of carbonyl (C=O) groups excluding carboxylic acids is 4. The maximum Gasteiger partial charge on any atom is 0.475 e. The molecule has 2 rings (SSSR count). The summed E-state index contributed by atoms with van der Waals surface area (Å²) in [6, 6.07) is 6.36. The molecule has 0 bridgehead atoms. The van der Waals surface area contributed by atoms with Crippen molar-refractivity contribution in [3.63, 3.8) is 0 Å². The summed E-state index contributed by atoms with van der Waals surface area (Å²) < 4.78 is 0. The van der Waals surface area contributed by atoms with E-state index in [0.29, 0.717) is 0 Å². The van der Waals surface area contributed by atoms with Gasteiger partial charge in [-0.1, -0.05) is 31.4 Å². The number of aliphatic imine (C=N–C) groups is 1. The van der Waals surface area contributed by atoms with Crippen LogP contribution in [0, 0.1) is 22.0 Å². The average Bonchev–Trinajstić information content (AvgIpc) is 3.08. The lowest BCUT2D eigenvalue weighted by molar-refractivity contribution is -0.525. The zero-order chi connectivity index (χ0) is 28.4. The van der Waals surface area contributed by atoms with Gasteiger partial charge in [-0.3, -0.25) is 24.1 Å². The van der Waals surface area contributed by atoms with Gasteiger partial charge in [0.2, 0.25) is 5.91 Å². The summed E-state index contributed by atoms with van der Waals surface area (Å²) in [4.78, 5) is 66.1. The van der Waals surface area contributed by atoms with E-state index < -0.39 is 47.7 Å². The molecule has 14 nitrogen and oxygen atoms in total. The van der Waals surface area contributed by atoms with Crippen molar-refractivity contribution in [1.82, 2.24) is 15.6 Å². The van der Waals surface area contributed by atoms with Crippen LogP contribution in [-0.2, 0) is 9.59 Å². The normalized spacial score (nSPS) is 14.8. The summed E-state index contributed by atoms with van der Waals surface area (Å²) in [5, 5.41) is 31.5. The van der Waals surface area contributed by atoms with Gasteiger partial charge >= 0.3 is 7.12 Å². The molecule has 3 amide bonds. The molecule has 0 fully saturated rings. The highest BCUT2D eigenvalue weighted by Gasteiger charge is 2.35. The summed E-state index contributed by atoms with van der Waals surface area (Å²) in [6.07, 6.45) is 0.301. The number of hydrogen-bond donors (Lipinski definition) is 5. The van der Waals surface area contributed by atoms with E-state index in [9.17, 15) is 39.3 Å². The van der Waals surface area contributed by atoms with E-state index in [2.05, 4.69) is 10.3 Å². The Hall–Kier alpha value is -3.85. The third-order valence-electron chi connectivity index (χ3n) is 5.95. The Morgan fingerprint density at radius 1 is 1.18 bits per heavy atom. The molecular weight excluding hydrogens is 499 g/mol. The summed E-state index contributed by atoms with van der Waals surface area (Å²) >= 11 is 0. The predicted molar refractivity (Wildman–Crippen MR) is 137 cm³/mol. The summed E-state index contributed by atoms with van der Waals surface area (Å²) in [6.45, 7) is 3.60. The molecule has 0 saturated heterocycles. The molecule has 2 atom stereocenters. The largest absolute Gasteiger partial charge is 0.475 e. The highest BCUT2D eigenvalue weighted by Crippen LogP contribution is 2.23. The van der Waals surface area contributed by atoms with Crippen molar-refractivity contribution in [3.05, 3.63) is 45.5 Å².